The first kappa shape index (κ1) is 14.9. The van der Waals surface area contributed by atoms with Crippen molar-refractivity contribution in [2.45, 2.75) is 72.6 Å². The van der Waals surface area contributed by atoms with Gasteiger partial charge in [-0.15, -0.1) is 0 Å². The molecule has 0 N–H and O–H groups in total. The van der Waals surface area contributed by atoms with Crippen LogP contribution in [-0.4, -0.2) is 11.6 Å². The van der Waals surface area contributed by atoms with Gasteiger partial charge in [0.25, 0.3) is 0 Å². The highest BCUT2D eigenvalue weighted by molar-refractivity contribution is 5.91. The van der Waals surface area contributed by atoms with Crippen LogP contribution < -0.4 is 0 Å². The first-order valence-electron chi connectivity index (χ1n) is 9.31. The molecular weight excluding hydrogens is 272 g/mol. The first-order chi connectivity index (χ1) is 10.2. The minimum Gasteiger partial charge on any atom is -0.299 e. The monoisotopic (exact) mass is 302 g/mol. The van der Waals surface area contributed by atoms with E-state index in [0.29, 0.717) is 29.3 Å². The summed E-state index contributed by atoms with van der Waals surface area (Å²) in [5, 5.41) is 0. The number of ketones is 2. The third-order valence-electron chi connectivity index (χ3n) is 8.68. The van der Waals surface area contributed by atoms with Crippen molar-refractivity contribution in [2.24, 2.45) is 39.9 Å². The number of carbonyl (C=O) groups excluding carboxylic acids is 2. The Hall–Kier alpha value is -0.660. The fourth-order valence-corrected chi connectivity index (χ4v) is 7.50. The zero-order chi connectivity index (χ0) is 15.9. The van der Waals surface area contributed by atoms with E-state index in [4.69, 9.17) is 0 Å². The molecule has 0 radical (unpaired) electrons. The van der Waals surface area contributed by atoms with Crippen molar-refractivity contribution >= 4 is 11.6 Å². The second-order valence-electron chi connectivity index (χ2n) is 9.65. The van der Waals surface area contributed by atoms with Crippen molar-refractivity contribution in [3.63, 3.8) is 0 Å². The highest BCUT2D eigenvalue weighted by Crippen LogP contribution is 2.70. The molecule has 0 aliphatic heterocycles. The van der Waals surface area contributed by atoms with Gasteiger partial charge in [0.2, 0.25) is 0 Å². The largest absolute Gasteiger partial charge is 0.299 e. The van der Waals surface area contributed by atoms with Gasteiger partial charge in [0, 0.05) is 23.2 Å². The van der Waals surface area contributed by atoms with Crippen LogP contribution >= 0.6 is 0 Å². The van der Waals surface area contributed by atoms with Gasteiger partial charge in [0.1, 0.15) is 11.6 Å². The van der Waals surface area contributed by atoms with Gasteiger partial charge in [0.15, 0.2) is 0 Å². The zero-order valence-corrected chi connectivity index (χ0v) is 14.6. The van der Waals surface area contributed by atoms with Gasteiger partial charge in [-0.05, 0) is 61.7 Å². The van der Waals surface area contributed by atoms with Crippen molar-refractivity contribution in [3.8, 4) is 0 Å². The summed E-state index contributed by atoms with van der Waals surface area (Å²) in [5.74, 6) is 2.95. The van der Waals surface area contributed by atoms with Gasteiger partial charge < -0.3 is 0 Å². The van der Waals surface area contributed by atoms with Crippen LogP contribution in [0.4, 0.5) is 0 Å². The van der Waals surface area contributed by atoms with Crippen LogP contribution in [0.3, 0.4) is 0 Å². The molecule has 22 heavy (non-hydrogen) atoms. The number of hydrogen-bond donors (Lipinski definition) is 0. The summed E-state index contributed by atoms with van der Waals surface area (Å²) in [6, 6.07) is 0. The fraction of sp³-hybridized carbons (Fsp3) is 0.900. The molecule has 0 saturated heterocycles. The number of fused-ring (bicyclic) bond motifs is 3. The number of rotatable bonds is 0. The first-order valence-corrected chi connectivity index (χ1v) is 9.31. The van der Waals surface area contributed by atoms with E-state index < -0.39 is 0 Å². The van der Waals surface area contributed by atoms with E-state index >= 15 is 0 Å². The molecule has 1 spiro atoms. The molecule has 0 aromatic carbocycles. The molecule has 122 valence electrons. The predicted molar refractivity (Wildman–Crippen MR) is 86.3 cm³/mol. The summed E-state index contributed by atoms with van der Waals surface area (Å²) < 4.78 is 0. The molecule has 2 nitrogen and oxygen atoms in total. The van der Waals surface area contributed by atoms with Crippen molar-refractivity contribution in [3.05, 3.63) is 0 Å². The number of carbonyl (C=O) groups is 2. The Morgan fingerprint density at radius 2 is 1.68 bits per heavy atom. The summed E-state index contributed by atoms with van der Waals surface area (Å²) in [4.78, 5) is 25.6. The maximum absolute atomic E-state index is 13.1. The molecular formula is C20H30O2. The van der Waals surface area contributed by atoms with E-state index in [2.05, 4.69) is 27.7 Å². The minimum atomic E-state index is -0.196. The number of Topliss-reactive ketones (excluding diaryl/α,β-unsaturated/α-hetero) is 2. The molecule has 0 heterocycles. The van der Waals surface area contributed by atoms with E-state index in [1.807, 2.05) is 0 Å². The summed E-state index contributed by atoms with van der Waals surface area (Å²) in [5.41, 5.74) is -0.0247. The molecule has 4 rings (SSSR count). The smallest absolute Gasteiger partial charge is 0.142 e. The Morgan fingerprint density at radius 1 is 0.955 bits per heavy atom. The quantitative estimate of drug-likeness (QED) is 0.664. The number of hydrogen-bond acceptors (Lipinski definition) is 2. The maximum Gasteiger partial charge on any atom is 0.142 e. The van der Waals surface area contributed by atoms with Gasteiger partial charge in [-0.2, -0.15) is 0 Å². The summed E-state index contributed by atoms with van der Waals surface area (Å²) in [6.45, 7) is 8.93. The topological polar surface area (TPSA) is 34.1 Å². The van der Waals surface area contributed by atoms with Crippen LogP contribution in [0.2, 0.25) is 0 Å². The van der Waals surface area contributed by atoms with Crippen molar-refractivity contribution in [1.82, 2.24) is 0 Å². The Labute approximate surface area is 134 Å². The third-order valence-corrected chi connectivity index (χ3v) is 8.68. The molecule has 0 unspecified atom stereocenters. The Kier molecular flexibility index (Phi) is 2.87. The highest BCUT2D eigenvalue weighted by atomic mass is 16.1. The van der Waals surface area contributed by atoms with Crippen molar-refractivity contribution < 1.29 is 9.59 Å². The van der Waals surface area contributed by atoms with E-state index in [1.54, 1.807) is 0 Å². The van der Waals surface area contributed by atoms with E-state index in [0.717, 1.165) is 32.1 Å². The normalized spacial score (nSPS) is 53.1. The summed E-state index contributed by atoms with van der Waals surface area (Å²) in [6.07, 6.45) is 7.46. The lowest BCUT2D eigenvalue weighted by Gasteiger charge is -2.62. The predicted octanol–water partition coefficient (Wildman–Crippen LogP) is 4.41. The Balaban J connectivity index is 1.78. The molecule has 4 aliphatic carbocycles. The molecule has 6 atom stereocenters. The third kappa shape index (κ3) is 1.52. The maximum atomic E-state index is 13.1. The van der Waals surface area contributed by atoms with Crippen molar-refractivity contribution in [1.29, 1.82) is 0 Å². The van der Waals surface area contributed by atoms with Gasteiger partial charge in [0.05, 0.1) is 0 Å². The van der Waals surface area contributed by atoms with Crippen LogP contribution in [0.5, 0.6) is 0 Å². The van der Waals surface area contributed by atoms with Crippen molar-refractivity contribution in [2.75, 3.05) is 0 Å². The lowest BCUT2D eigenvalue weighted by Crippen LogP contribution is -2.59. The lowest BCUT2D eigenvalue weighted by atomic mass is 9.41. The highest BCUT2D eigenvalue weighted by Gasteiger charge is 2.67. The Bertz CT molecular complexity index is 548. The molecule has 0 aromatic heterocycles. The van der Waals surface area contributed by atoms with E-state index in [9.17, 15) is 9.59 Å². The van der Waals surface area contributed by atoms with Crippen LogP contribution in [0.1, 0.15) is 72.6 Å². The van der Waals surface area contributed by atoms with Gasteiger partial charge in [-0.1, -0.05) is 27.7 Å². The second-order valence-corrected chi connectivity index (χ2v) is 9.65. The summed E-state index contributed by atoms with van der Waals surface area (Å²) >= 11 is 0. The minimum absolute atomic E-state index is 0.0238. The average molecular weight is 302 g/mol. The standard InChI is InChI=1S/C20H30O2/c1-12-13-5-6-15-19(4)9-8-16(21)18(2,3)14(19)7-10-20(15,11-13)17(12)22/h12-15H,5-11H2,1-4H3/t12-,13-,14+,15+,19-,20-/m1/s1. The molecule has 4 aliphatic rings. The lowest BCUT2D eigenvalue weighted by molar-refractivity contribution is -0.169. The van der Waals surface area contributed by atoms with Gasteiger partial charge >= 0.3 is 0 Å². The van der Waals surface area contributed by atoms with Crippen LogP contribution in [0.15, 0.2) is 0 Å². The van der Waals surface area contributed by atoms with Crippen LogP contribution in [0.25, 0.3) is 0 Å². The Morgan fingerprint density at radius 3 is 2.41 bits per heavy atom. The molecule has 0 aromatic rings. The zero-order valence-electron chi connectivity index (χ0n) is 14.6. The van der Waals surface area contributed by atoms with E-state index in [-0.39, 0.29) is 22.2 Å². The molecule has 2 bridgehead atoms. The van der Waals surface area contributed by atoms with Crippen LogP contribution in [-0.2, 0) is 9.59 Å². The van der Waals surface area contributed by atoms with E-state index in [1.165, 1.54) is 12.8 Å². The second kappa shape index (κ2) is 4.24. The molecule has 0 amide bonds. The average Bonchev–Trinajstić information content (AvgIpc) is 2.65. The molecule has 4 saturated carbocycles. The van der Waals surface area contributed by atoms with Gasteiger partial charge in [-0.25, -0.2) is 0 Å². The van der Waals surface area contributed by atoms with Crippen LogP contribution in [0, 0.1) is 39.9 Å². The van der Waals surface area contributed by atoms with Gasteiger partial charge in [-0.3, -0.25) is 9.59 Å². The summed E-state index contributed by atoms with van der Waals surface area (Å²) in [7, 11) is 0. The molecule has 4 fully saturated rings. The SMILES string of the molecule is C[C@H]1C(=O)[C@@]23CC[C@H]4C(C)(C)C(=O)CC[C@@]4(C)[C@@H]2CC[C@@H]1C3. The fourth-order valence-electron chi connectivity index (χ4n) is 7.50. The molecule has 2 heteroatoms.